The van der Waals surface area contributed by atoms with Gasteiger partial charge in [0.05, 0.1) is 23.3 Å². The van der Waals surface area contributed by atoms with Crippen LogP contribution in [0, 0.1) is 0 Å². The van der Waals surface area contributed by atoms with E-state index in [1.807, 2.05) is 18.2 Å². The Labute approximate surface area is 142 Å². The maximum atomic E-state index is 12.2. The monoisotopic (exact) mass is 322 g/mol. The summed E-state index contributed by atoms with van der Waals surface area (Å²) >= 11 is 0. The van der Waals surface area contributed by atoms with Crippen molar-refractivity contribution in [1.82, 2.24) is 9.97 Å². The maximum Gasteiger partial charge on any atom is 0.248 e. The molecule has 1 aromatic carbocycles. The van der Waals surface area contributed by atoms with Gasteiger partial charge in [-0.3, -0.25) is 14.8 Å². The molecule has 1 fully saturated rings. The number of hydrogen-bond acceptors (Lipinski definition) is 4. The van der Waals surface area contributed by atoms with Crippen molar-refractivity contribution in [1.29, 1.82) is 0 Å². The Morgan fingerprint density at radius 1 is 1.08 bits per heavy atom. The van der Waals surface area contributed by atoms with Gasteiger partial charge in [-0.05, 0) is 31.1 Å². The van der Waals surface area contributed by atoms with Crippen molar-refractivity contribution in [2.75, 3.05) is 23.3 Å². The molecule has 5 heteroatoms. The molecule has 2 heterocycles. The molecule has 0 radical (unpaired) electrons. The maximum absolute atomic E-state index is 12.2. The van der Waals surface area contributed by atoms with Gasteiger partial charge in [-0.25, -0.2) is 0 Å². The van der Waals surface area contributed by atoms with Crippen LogP contribution in [0.3, 0.4) is 0 Å². The summed E-state index contributed by atoms with van der Waals surface area (Å²) in [5.74, 6) is -0.164. The van der Waals surface area contributed by atoms with Gasteiger partial charge in [0.1, 0.15) is 0 Å². The van der Waals surface area contributed by atoms with Crippen molar-refractivity contribution in [2.45, 2.75) is 25.7 Å². The molecule has 1 amide bonds. The van der Waals surface area contributed by atoms with E-state index in [9.17, 15) is 4.79 Å². The van der Waals surface area contributed by atoms with E-state index in [0.29, 0.717) is 5.69 Å². The summed E-state index contributed by atoms with van der Waals surface area (Å²) in [5, 5.41) is 2.98. The molecule has 0 spiro atoms. The third-order valence-electron chi connectivity index (χ3n) is 4.10. The predicted octanol–water partition coefficient (Wildman–Crippen LogP) is 3.51. The summed E-state index contributed by atoms with van der Waals surface area (Å²) in [6.45, 7) is 2.09. The van der Waals surface area contributed by atoms with Crippen LogP contribution >= 0.6 is 0 Å². The minimum absolute atomic E-state index is 0.164. The molecular weight excluding hydrogens is 300 g/mol. The number of aromatic nitrogens is 2. The highest BCUT2D eigenvalue weighted by Crippen LogP contribution is 2.27. The van der Waals surface area contributed by atoms with Gasteiger partial charge in [0, 0.05) is 31.6 Å². The Balaban J connectivity index is 1.70. The molecule has 0 saturated carbocycles. The summed E-state index contributed by atoms with van der Waals surface area (Å²) in [4.78, 5) is 22.7. The molecule has 0 bridgehead atoms. The van der Waals surface area contributed by atoms with Gasteiger partial charge in [0.25, 0.3) is 0 Å². The van der Waals surface area contributed by atoms with Gasteiger partial charge in [0.15, 0.2) is 0 Å². The van der Waals surface area contributed by atoms with Gasteiger partial charge in [-0.15, -0.1) is 0 Å². The average Bonchev–Trinajstić information content (AvgIpc) is 2.91. The number of rotatable bonds is 4. The molecule has 0 atom stereocenters. The fraction of sp³-hybridized carbons (Fsp3) is 0.316. The third-order valence-corrected chi connectivity index (χ3v) is 4.10. The number of nitrogens with one attached hydrogen (secondary N) is 1. The van der Waals surface area contributed by atoms with Crippen LogP contribution in [0.25, 0.3) is 6.08 Å². The molecule has 124 valence electrons. The predicted molar refractivity (Wildman–Crippen MR) is 96.8 cm³/mol. The SMILES string of the molecule is O=C(/C=C/c1cnccn1)Nc1ccccc1N1CCCCCC1. The fourth-order valence-electron chi connectivity index (χ4n) is 2.90. The van der Waals surface area contributed by atoms with Crippen molar-refractivity contribution in [3.05, 3.63) is 54.6 Å². The highest BCUT2D eigenvalue weighted by Gasteiger charge is 2.14. The Morgan fingerprint density at radius 3 is 2.62 bits per heavy atom. The van der Waals surface area contributed by atoms with Crippen molar-refractivity contribution in [3.8, 4) is 0 Å². The van der Waals surface area contributed by atoms with Gasteiger partial charge in [-0.2, -0.15) is 0 Å². The lowest BCUT2D eigenvalue weighted by molar-refractivity contribution is -0.111. The molecule has 0 aliphatic carbocycles. The van der Waals surface area contributed by atoms with Crippen molar-refractivity contribution >= 4 is 23.4 Å². The van der Waals surface area contributed by atoms with Crippen LogP contribution in [0.2, 0.25) is 0 Å². The minimum atomic E-state index is -0.164. The number of hydrogen-bond donors (Lipinski definition) is 1. The lowest BCUT2D eigenvalue weighted by Crippen LogP contribution is -2.25. The van der Waals surface area contributed by atoms with Crippen LogP contribution < -0.4 is 10.2 Å². The summed E-state index contributed by atoms with van der Waals surface area (Å²) < 4.78 is 0. The number of para-hydroxylation sites is 2. The van der Waals surface area contributed by atoms with E-state index < -0.39 is 0 Å². The Hall–Kier alpha value is -2.69. The summed E-state index contributed by atoms with van der Waals surface area (Å²) in [7, 11) is 0. The molecule has 24 heavy (non-hydrogen) atoms. The van der Waals surface area contributed by atoms with Crippen LogP contribution in [0.5, 0.6) is 0 Å². The van der Waals surface area contributed by atoms with Crippen molar-refractivity contribution in [3.63, 3.8) is 0 Å². The van der Waals surface area contributed by atoms with Crippen LogP contribution in [0.15, 0.2) is 48.9 Å². The Morgan fingerprint density at radius 2 is 1.88 bits per heavy atom. The second kappa shape index (κ2) is 8.24. The third kappa shape index (κ3) is 4.41. The van der Waals surface area contributed by atoms with Crippen molar-refractivity contribution in [2.24, 2.45) is 0 Å². The zero-order valence-corrected chi connectivity index (χ0v) is 13.7. The summed E-state index contributed by atoms with van der Waals surface area (Å²) in [6, 6.07) is 8.00. The molecular formula is C19H22N4O. The quantitative estimate of drug-likeness (QED) is 0.875. The highest BCUT2D eigenvalue weighted by molar-refractivity contribution is 6.03. The lowest BCUT2D eigenvalue weighted by Gasteiger charge is -2.25. The van der Waals surface area contributed by atoms with Gasteiger partial charge in [-0.1, -0.05) is 25.0 Å². The number of carbonyl (C=O) groups is 1. The van der Waals surface area contributed by atoms with Crippen molar-refractivity contribution < 1.29 is 4.79 Å². The first-order valence-electron chi connectivity index (χ1n) is 8.42. The van der Waals surface area contributed by atoms with Gasteiger partial charge < -0.3 is 10.2 Å². The molecule has 1 aromatic heterocycles. The largest absolute Gasteiger partial charge is 0.370 e. The second-order valence-corrected chi connectivity index (χ2v) is 5.87. The number of nitrogens with zero attached hydrogens (tertiary/aromatic N) is 3. The lowest BCUT2D eigenvalue weighted by atomic mass is 10.2. The highest BCUT2D eigenvalue weighted by atomic mass is 16.1. The van der Waals surface area contributed by atoms with E-state index in [4.69, 9.17) is 0 Å². The zero-order valence-electron chi connectivity index (χ0n) is 13.7. The fourth-order valence-corrected chi connectivity index (χ4v) is 2.90. The van der Waals surface area contributed by atoms with Gasteiger partial charge in [0.2, 0.25) is 5.91 Å². The average molecular weight is 322 g/mol. The molecule has 1 aliphatic rings. The summed E-state index contributed by atoms with van der Waals surface area (Å²) in [6.07, 6.45) is 13.0. The number of amides is 1. The molecule has 5 nitrogen and oxygen atoms in total. The topological polar surface area (TPSA) is 58.1 Å². The Bertz CT molecular complexity index is 692. The minimum Gasteiger partial charge on any atom is -0.370 e. The first kappa shape index (κ1) is 16.2. The molecule has 1 N–H and O–H groups in total. The summed E-state index contributed by atoms with van der Waals surface area (Å²) in [5.41, 5.74) is 2.61. The van der Waals surface area contributed by atoms with E-state index >= 15 is 0 Å². The molecule has 3 rings (SSSR count). The normalized spacial score (nSPS) is 15.2. The van der Waals surface area contributed by atoms with Crippen LogP contribution in [0.1, 0.15) is 31.4 Å². The van der Waals surface area contributed by atoms with E-state index in [-0.39, 0.29) is 5.91 Å². The van der Waals surface area contributed by atoms with E-state index in [1.54, 1.807) is 24.7 Å². The first-order valence-corrected chi connectivity index (χ1v) is 8.42. The van der Waals surface area contributed by atoms with E-state index in [1.165, 1.54) is 31.8 Å². The Kier molecular flexibility index (Phi) is 5.56. The molecule has 2 aromatic rings. The number of carbonyl (C=O) groups excluding carboxylic acids is 1. The van der Waals surface area contributed by atoms with Crippen LogP contribution in [0.4, 0.5) is 11.4 Å². The van der Waals surface area contributed by atoms with Gasteiger partial charge >= 0.3 is 0 Å². The van der Waals surface area contributed by atoms with E-state index in [2.05, 4.69) is 26.3 Å². The first-order chi connectivity index (χ1) is 11.8. The number of benzene rings is 1. The molecule has 0 unspecified atom stereocenters. The number of anilines is 2. The molecule has 1 saturated heterocycles. The smallest absolute Gasteiger partial charge is 0.248 e. The van der Waals surface area contributed by atoms with Crippen LogP contribution in [-0.2, 0) is 4.79 Å². The van der Waals surface area contributed by atoms with E-state index in [0.717, 1.165) is 24.5 Å². The molecule has 1 aliphatic heterocycles. The standard InChI is InChI=1S/C19H22N4O/c24-19(10-9-16-15-20-11-12-21-16)22-17-7-3-4-8-18(17)23-13-5-1-2-6-14-23/h3-4,7-12,15H,1-2,5-6,13-14H2,(H,22,24)/b10-9+. The second-order valence-electron chi connectivity index (χ2n) is 5.87. The van der Waals surface area contributed by atoms with Crippen LogP contribution in [-0.4, -0.2) is 29.0 Å². The zero-order chi connectivity index (χ0) is 16.6.